The lowest BCUT2D eigenvalue weighted by Crippen LogP contribution is -2.02. The average molecular weight is 507 g/mol. The van der Waals surface area contributed by atoms with Crippen molar-refractivity contribution in [2.45, 2.75) is 20.0 Å². The molecule has 0 fully saturated rings. The molecule has 3 aromatic heterocycles. The number of anilines is 1. The number of carbonyl (C=O) groups is 1. The number of benzene rings is 2. The van der Waals surface area contributed by atoms with Crippen LogP contribution in [0.3, 0.4) is 0 Å². The van der Waals surface area contributed by atoms with Gasteiger partial charge < -0.3 is 20.0 Å². The van der Waals surface area contributed by atoms with Crippen LogP contribution in [0, 0.1) is 6.92 Å². The molecule has 10 heteroatoms. The van der Waals surface area contributed by atoms with E-state index in [9.17, 15) is 9.90 Å². The van der Waals surface area contributed by atoms with Crippen molar-refractivity contribution in [3.8, 4) is 17.2 Å². The minimum absolute atomic E-state index is 0.120. The van der Waals surface area contributed by atoms with Crippen LogP contribution >= 0.6 is 22.9 Å². The van der Waals surface area contributed by atoms with E-state index in [-0.39, 0.29) is 18.0 Å². The number of nitrogens with zero attached hydrogens (tertiary/aromatic N) is 3. The summed E-state index contributed by atoms with van der Waals surface area (Å²) in [6.45, 7) is 2.13. The van der Waals surface area contributed by atoms with Crippen molar-refractivity contribution in [2.75, 3.05) is 5.73 Å². The summed E-state index contributed by atoms with van der Waals surface area (Å²) in [4.78, 5) is 15.6. The maximum absolute atomic E-state index is 11.5. The van der Waals surface area contributed by atoms with Gasteiger partial charge in [0.2, 0.25) is 11.8 Å². The highest BCUT2D eigenvalue weighted by molar-refractivity contribution is 7.17. The van der Waals surface area contributed by atoms with Gasteiger partial charge in [0.05, 0.1) is 16.7 Å². The van der Waals surface area contributed by atoms with Gasteiger partial charge in [-0.2, -0.15) is 0 Å². The topological polar surface area (TPSA) is 124 Å². The van der Waals surface area contributed by atoms with Crippen molar-refractivity contribution in [1.82, 2.24) is 15.2 Å². The summed E-state index contributed by atoms with van der Waals surface area (Å²) in [6, 6.07) is 13.1. The monoisotopic (exact) mass is 506 g/mol. The maximum Gasteiger partial charge on any atom is 0.338 e. The second-order valence-electron chi connectivity index (χ2n) is 7.90. The van der Waals surface area contributed by atoms with Gasteiger partial charge >= 0.3 is 5.97 Å². The first-order valence-electron chi connectivity index (χ1n) is 10.6. The van der Waals surface area contributed by atoms with Gasteiger partial charge in [0.1, 0.15) is 18.2 Å². The van der Waals surface area contributed by atoms with Crippen LogP contribution in [-0.2, 0) is 13.0 Å². The molecular weight excluding hydrogens is 488 g/mol. The third kappa shape index (κ3) is 4.68. The molecule has 5 rings (SSSR count). The van der Waals surface area contributed by atoms with E-state index in [4.69, 9.17) is 26.5 Å². The fraction of sp³-hybridized carbons (Fsp3) is 0.120. The Labute approximate surface area is 209 Å². The highest BCUT2D eigenvalue weighted by atomic mass is 35.5. The number of hydrogen-bond donors (Lipinski definition) is 2. The van der Waals surface area contributed by atoms with Gasteiger partial charge in [-0.25, -0.2) is 9.78 Å². The zero-order valence-corrected chi connectivity index (χ0v) is 20.1. The molecule has 8 nitrogen and oxygen atoms in total. The largest absolute Gasteiger partial charge is 0.489 e. The first kappa shape index (κ1) is 22.8. The predicted molar refractivity (Wildman–Crippen MR) is 134 cm³/mol. The highest BCUT2D eigenvalue weighted by Gasteiger charge is 2.18. The van der Waals surface area contributed by atoms with E-state index in [1.54, 1.807) is 0 Å². The second-order valence-corrected chi connectivity index (χ2v) is 9.22. The number of nitrogens with two attached hydrogens (primary N) is 1. The number of ether oxygens (including phenoxy) is 1. The van der Waals surface area contributed by atoms with Crippen molar-refractivity contribution < 1.29 is 19.1 Å². The van der Waals surface area contributed by atoms with Gasteiger partial charge in [0, 0.05) is 27.7 Å². The fourth-order valence-electron chi connectivity index (χ4n) is 3.65. The number of nitrogen functional groups attached to an aromatic ring is 1. The molecule has 0 spiro atoms. The van der Waals surface area contributed by atoms with Crippen LogP contribution in [0.15, 0.2) is 58.5 Å². The fourth-order valence-corrected chi connectivity index (χ4v) is 4.84. The number of fused-ring (bicyclic) bond motifs is 1. The van der Waals surface area contributed by atoms with Gasteiger partial charge in [0.25, 0.3) is 0 Å². The molecule has 0 unspecified atom stereocenters. The first-order valence-corrected chi connectivity index (χ1v) is 11.8. The molecule has 0 aliphatic carbocycles. The van der Waals surface area contributed by atoms with Gasteiger partial charge in [-0.05, 0) is 47.7 Å². The molecule has 0 bridgehead atoms. The first-order chi connectivity index (χ1) is 16.9. The Morgan fingerprint density at radius 2 is 2.00 bits per heavy atom. The zero-order valence-electron chi connectivity index (χ0n) is 18.5. The van der Waals surface area contributed by atoms with E-state index >= 15 is 0 Å². The lowest BCUT2D eigenvalue weighted by atomic mass is 10.1. The average Bonchev–Trinajstić information content (AvgIpc) is 3.48. The second kappa shape index (κ2) is 9.36. The number of carboxylic acids is 1. The van der Waals surface area contributed by atoms with E-state index in [0.29, 0.717) is 39.1 Å². The Bertz CT molecular complexity index is 1550. The van der Waals surface area contributed by atoms with E-state index < -0.39 is 5.97 Å². The quantitative estimate of drug-likeness (QED) is 0.285. The van der Waals surface area contributed by atoms with Crippen LogP contribution in [0.5, 0.6) is 5.75 Å². The summed E-state index contributed by atoms with van der Waals surface area (Å²) in [5.41, 5.74) is 9.60. The van der Waals surface area contributed by atoms with Crippen LogP contribution in [0.2, 0.25) is 5.02 Å². The normalized spacial score (nSPS) is 11.1. The number of pyridine rings is 1. The van der Waals surface area contributed by atoms with Crippen LogP contribution < -0.4 is 10.5 Å². The predicted octanol–water partition coefficient (Wildman–Crippen LogP) is 5.76. The molecular formula is C25H19ClN4O4S. The SMILES string of the molecule is Cc1ccc(-c2nnc(Cc3ccc(Cl)cc3)o2)cc1OCc1csc2c(C(=O)O)cnc(N)c12. The summed E-state index contributed by atoms with van der Waals surface area (Å²) in [5.74, 6) is 0.747. The Morgan fingerprint density at radius 1 is 1.20 bits per heavy atom. The number of aromatic carboxylic acids is 1. The molecule has 176 valence electrons. The lowest BCUT2D eigenvalue weighted by molar-refractivity contribution is 0.0699. The molecule has 2 aromatic carbocycles. The minimum Gasteiger partial charge on any atom is -0.489 e. The third-order valence-electron chi connectivity index (χ3n) is 5.48. The zero-order chi connectivity index (χ0) is 24.5. The molecule has 5 aromatic rings. The molecule has 3 N–H and O–H groups in total. The van der Waals surface area contributed by atoms with E-state index in [2.05, 4.69) is 15.2 Å². The molecule has 0 aliphatic heterocycles. The molecule has 0 aliphatic rings. The third-order valence-corrected chi connectivity index (χ3v) is 6.80. The van der Waals surface area contributed by atoms with Crippen molar-refractivity contribution in [1.29, 1.82) is 0 Å². The van der Waals surface area contributed by atoms with Crippen LogP contribution in [0.4, 0.5) is 5.82 Å². The van der Waals surface area contributed by atoms with Gasteiger partial charge in [-0.15, -0.1) is 21.5 Å². The summed E-state index contributed by atoms with van der Waals surface area (Å²) in [6.07, 6.45) is 1.78. The summed E-state index contributed by atoms with van der Waals surface area (Å²) >= 11 is 7.25. The van der Waals surface area contributed by atoms with E-state index in [1.165, 1.54) is 17.5 Å². The van der Waals surface area contributed by atoms with Gasteiger partial charge in [0.15, 0.2) is 0 Å². The van der Waals surface area contributed by atoms with Crippen LogP contribution in [0.25, 0.3) is 21.5 Å². The number of thiophene rings is 1. The maximum atomic E-state index is 11.5. The summed E-state index contributed by atoms with van der Waals surface area (Å²) in [7, 11) is 0. The number of rotatable bonds is 7. The van der Waals surface area contributed by atoms with Gasteiger partial charge in [-0.3, -0.25) is 0 Å². The molecule has 0 atom stereocenters. The highest BCUT2D eigenvalue weighted by Crippen LogP contribution is 2.34. The molecule has 0 radical (unpaired) electrons. The standard InChI is InChI=1S/C25H19ClN4O4S/c1-13-2-5-15(24-30-29-20(34-24)8-14-3-6-17(26)7-4-14)9-19(13)33-11-16-12-35-22-18(25(31)32)10-28-23(27)21(16)22/h2-7,9-10,12H,8,11H2,1H3,(H2,27,28)(H,31,32). The summed E-state index contributed by atoms with van der Waals surface area (Å²) < 4.78 is 12.5. The lowest BCUT2D eigenvalue weighted by Gasteiger charge is -2.10. The number of carboxylic acid groups (broad SMARTS) is 1. The number of aryl methyl sites for hydroxylation is 1. The molecule has 0 saturated carbocycles. The van der Waals surface area contributed by atoms with Crippen molar-refractivity contribution in [3.05, 3.63) is 87.2 Å². The molecule has 0 saturated heterocycles. The van der Waals surface area contributed by atoms with E-state index in [0.717, 1.165) is 22.3 Å². The Balaban J connectivity index is 1.36. The molecule has 35 heavy (non-hydrogen) atoms. The molecule has 3 heterocycles. The minimum atomic E-state index is -1.05. The van der Waals surface area contributed by atoms with E-state index in [1.807, 2.05) is 54.8 Å². The summed E-state index contributed by atoms with van der Waals surface area (Å²) in [5, 5.41) is 20.9. The van der Waals surface area contributed by atoms with Crippen molar-refractivity contribution >= 4 is 44.8 Å². The smallest absolute Gasteiger partial charge is 0.338 e. The number of hydrogen-bond acceptors (Lipinski definition) is 8. The Morgan fingerprint density at radius 3 is 2.77 bits per heavy atom. The Kier molecular flexibility index (Phi) is 6.10. The molecule has 0 amide bonds. The van der Waals surface area contributed by atoms with Gasteiger partial charge in [-0.1, -0.05) is 29.8 Å². The van der Waals surface area contributed by atoms with Crippen molar-refractivity contribution in [2.24, 2.45) is 0 Å². The number of halogens is 1. The van der Waals surface area contributed by atoms with Crippen LogP contribution in [-0.4, -0.2) is 26.3 Å². The Hall–Kier alpha value is -3.95. The number of aromatic nitrogens is 3. The van der Waals surface area contributed by atoms with Crippen molar-refractivity contribution in [3.63, 3.8) is 0 Å². The van der Waals surface area contributed by atoms with Crippen LogP contribution in [0.1, 0.15) is 32.9 Å².